The van der Waals surface area contributed by atoms with Crippen molar-refractivity contribution in [3.8, 4) is 0 Å². The summed E-state index contributed by atoms with van der Waals surface area (Å²) < 4.78 is 60.2. The van der Waals surface area contributed by atoms with Gasteiger partial charge in [0.05, 0.1) is 0 Å². The fourth-order valence-electron chi connectivity index (χ4n) is 7.53. The second-order valence-corrected chi connectivity index (χ2v) is 14.7. The zero-order valence-corrected chi connectivity index (χ0v) is 31.0. The number of ether oxygens (including phenoxy) is 1. The number of rotatable bonds is 16. The quantitative estimate of drug-likeness (QED) is 0.108. The number of carbonyl (C=O) groups excluding carboxylic acids is 6. The minimum absolute atomic E-state index is 0.0181. The lowest BCUT2D eigenvalue weighted by Gasteiger charge is -2.31. The van der Waals surface area contributed by atoms with Gasteiger partial charge in [0.2, 0.25) is 23.3 Å². The van der Waals surface area contributed by atoms with Crippen LogP contribution in [0.4, 0.5) is 28.0 Å². The van der Waals surface area contributed by atoms with E-state index in [0.717, 1.165) is 64.0 Å². The van der Waals surface area contributed by atoms with E-state index in [1.807, 2.05) is 0 Å². The number of halogens is 4. The van der Waals surface area contributed by atoms with E-state index in [4.69, 9.17) is 4.74 Å². The highest BCUT2D eigenvalue weighted by molar-refractivity contribution is 6.06. The lowest BCUT2D eigenvalue weighted by Crippen LogP contribution is -2.51. The molecule has 0 radical (unpaired) electrons. The Kier molecular flexibility index (Phi) is 13.7. The molecule has 0 bridgehead atoms. The molecule has 5 rings (SSSR count). The van der Waals surface area contributed by atoms with Gasteiger partial charge in [-0.05, 0) is 74.4 Å². The Balaban J connectivity index is 1.09. The second-order valence-electron chi connectivity index (χ2n) is 14.7. The molecule has 298 valence electrons. The molecular formula is C40H48F4N4O7. The van der Waals surface area contributed by atoms with Gasteiger partial charge in [0, 0.05) is 55.9 Å². The highest BCUT2D eigenvalue weighted by Gasteiger charge is 2.58. The number of nitrogens with one attached hydrogen (secondary N) is 2. The van der Waals surface area contributed by atoms with Crippen LogP contribution in [0.2, 0.25) is 0 Å². The van der Waals surface area contributed by atoms with Crippen LogP contribution in [0.5, 0.6) is 0 Å². The number of unbranched alkanes of at least 4 members (excludes halogenated alkanes) is 2. The average Bonchev–Trinajstić information content (AvgIpc) is 3.44. The lowest BCUT2D eigenvalue weighted by molar-refractivity contribution is -0.187. The normalized spacial score (nSPS) is 19.1. The summed E-state index contributed by atoms with van der Waals surface area (Å²) in [6.07, 6.45) is 3.81. The predicted molar refractivity (Wildman–Crippen MR) is 193 cm³/mol. The SMILES string of the molecule is C[C@H](N(Cc1ccc(F)cc1)C(=O)CN1C(=O)O[C@@]2(CCc3cc(NC(=O)CCC(=O)NCCCCCC(=O)C4CCCCCC4)ccc32)C1=O)C(F)(F)F. The van der Waals surface area contributed by atoms with E-state index in [1.54, 1.807) is 6.07 Å². The number of anilines is 1. The van der Waals surface area contributed by atoms with Gasteiger partial charge in [-0.1, -0.05) is 50.3 Å². The van der Waals surface area contributed by atoms with Crippen molar-refractivity contribution in [2.45, 2.75) is 121 Å². The number of nitrogens with zero attached hydrogens (tertiary/aromatic N) is 2. The van der Waals surface area contributed by atoms with E-state index in [2.05, 4.69) is 10.6 Å². The molecule has 2 N–H and O–H groups in total. The molecule has 2 atom stereocenters. The molecular weight excluding hydrogens is 724 g/mol. The molecule has 2 fully saturated rings. The Hall–Kier alpha value is -4.82. The average molecular weight is 773 g/mol. The molecule has 1 heterocycles. The highest BCUT2D eigenvalue weighted by Crippen LogP contribution is 2.46. The number of carbonyl (C=O) groups is 6. The Morgan fingerprint density at radius 3 is 2.31 bits per heavy atom. The smallest absolute Gasteiger partial charge is 0.418 e. The Labute approximate surface area is 317 Å². The van der Waals surface area contributed by atoms with Crippen LogP contribution in [0.25, 0.3) is 0 Å². The van der Waals surface area contributed by atoms with Crippen LogP contribution in [0.1, 0.15) is 107 Å². The Morgan fingerprint density at radius 2 is 1.62 bits per heavy atom. The third-order valence-electron chi connectivity index (χ3n) is 10.8. The maximum atomic E-state index is 13.8. The molecule has 2 aliphatic carbocycles. The van der Waals surface area contributed by atoms with Crippen LogP contribution >= 0.6 is 0 Å². The molecule has 5 amide bonds. The first-order valence-electron chi connectivity index (χ1n) is 19.1. The first-order chi connectivity index (χ1) is 26.2. The van der Waals surface area contributed by atoms with Crippen LogP contribution in [0.3, 0.4) is 0 Å². The number of amides is 5. The monoisotopic (exact) mass is 772 g/mol. The van der Waals surface area contributed by atoms with E-state index in [9.17, 15) is 46.3 Å². The molecule has 2 aromatic carbocycles. The number of hydrogen-bond acceptors (Lipinski definition) is 7. The standard InChI is InChI=1S/C40H48F4N4O7/c1-26(40(42,43)44)47(24-27-12-14-30(41)15-13-27)36(52)25-48-37(53)39(55-38(48)54)21-20-29-23-31(16-17-32(29)39)46-35(51)19-18-34(50)45-22-8-4-7-11-33(49)28-9-5-2-3-6-10-28/h12-17,23,26,28H,2-11,18-22,24-25H2,1H3,(H,45,50)(H,46,51)/t26-,39+/m0/s1. The van der Waals surface area contributed by atoms with Crippen molar-refractivity contribution in [3.05, 3.63) is 65.0 Å². The minimum atomic E-state index is -4.83. The first kappa shape index (κ1) is 41.3. The number of fused-ring (bicyclic) bond motifs is 2. The van der Waals surface area contributed by atoms with Gasteiger partial charge in [0.1, 0.15) is 24.2 Å². The summed E-state index contributed by atoms with van der Waals surface area (Å²) in [7, 11) is 0. The molecule has 1 saturated carbocycles. The van der Waals surface area contributed by atoms with Gasteiger partial charge in [-0.3, -0.25) is 24.0 Å². The largest absolute Gasteiger partial charge is 0.427 e. The second kappa shape index (κ2) is 18.2. The van der Waals surface area contributed by atoms with Gasteiger partial charge >= 0.3 is 12.3 Å². The maximum Gasteiger partial charge on any atom is 0.418 e. The molecule has 0 aromatic heterocycles. The van der Waals surface area contributed by atoms with E-state index in [-0.39, 0.29) is 43.1 Å². The van der Waals surface area contributed by atoms with Gasteiger partial charge in [-0.25, -0.2) is 14.1 Å². The van der Waals surface area contributed by atoms with E-state index >= 15 is 0 Å². The van der Waals surface area contributed by atoms with E-state index in [1.165, 1.54) is 37.1 Å². The maximum absolute atomic E-state index is 13.8. The van der Waals surface area contributed by atoms with Crippen LogP contribution < -0.4 is 10.6 Å². The molecule has 3 aliphatic rings. The predicted octanol–water partition coefficient (Wildman–Crippen LogP) is 6.86. The molecule has 2 aromatic rings. The molecule has 15 heteroatoms. The number of Topliss-reactive ketones (excluding diaryl/α,β-unsaturated/α-hetero) is 1. The van der Waals surface area contributed by atoms with Crippen molar-refractivity contribution in [1.29, 1.82) is 0 Å². The summed E-state index contributed by atoms with van der Waals surface area (Å²) in [5.41, 5.74) is -0.260. The summed E-state index contributed by atoms with van der Waals surface area (Å²) in [4.78, 5) is 78.4. The van der Waals surface area contributed by atoms with Gasteiger partial charge in [0.25, 0.3) is 5.91 Å². The fraction of sp³-hybridized carbons (Fsp3) is 0.550. The van der Waals surface area contributed by atoms with Crippen molar-refractivity contribution in [1.82, 2.24) is 15.1 Å². The third-order valence-corrected chi connectivity index (χ3v) is 10.8. The number of ketones is 1. The molecule has 0 unspecified atom stereocenters. The molecule has 55 heavy (non-hydrogen) atoms. The lowest BCUT2D eigenvalue weighted by atomic mass is 9.92. The minimum Gasteiger partial charge on any atom is -0.427 e. The van der Waals surface area contributed by atoms with Crippen LogP contribution in [0, 0.1) is 11.7 Å². The van der Waals surface area contributed by atoms with E-state index < -0.39 is 60.5 Å². The van der Waals surface area contributed by atoms with Crippen LogP contribution in [0.15, 0.2) is 42.5 Å². The van der Waals surface area contributed by atoms with Gasteiger partial charge in [-0.2, -0.15) is 13.2 Å². The van der Waals surface area contributed by atoms with Crippen molar-refractivity contribution in [2.24, 2.45) is 5.92 Å². The number of benzene rings is 2. The fourth-order valence-corrected chi connectivity index (χ4v) is 7.53. The van der Waals surface area contributed by atoms with Crippen molar-refractivity contribution in [3.63, 3.8) is 0 Å². The topological polar surface area (TPSA) is 142 Å². The van der Waals surface area contributed by atoms with Gasteiger partial charge in [-0.15, -0.1) is 0 Å². The summed E-state index contributed by atoms with van der Waals surface area (Å²) in [5, 5.41) is 5.54. The van der Waals surface area contributed by atoms with Gasteiger partial charge < -0.3 is 20.3 Å². The number of aryl methyl sites for hydroxylation is 1. The zero-order chi connectivity index (χ0) is 39.8. The first-order valence-corrected chi connectivity index (χ1v) is 19.1. The Morgan fingerprint density at radius 1 is 0.927 bits per heavy atom. The number of imide groups is 1. The molecule has 1 spiro atoms. The van der Waals surface area contributed by atoms with Crippen LogP contribution in [-0.4, -0.2) is 70.6 Å². The van der Waals surface area contributed by atoms with E-state index in [0.29, 0.717) is 45.4 Å². The van der Waals surface area contributed by atoms with Crippen molar-refractivity contribution >= 4 is 41.2 Å². The summed E-state index contributed by atoms with van der Waals surface area (Å²) in [5.74, 6) is -2.77. The highest BCUT2D eigenvalue weighted by atomic mass is 19.4. The molecule has 1 saturated heterocycles. The number of alkyl halides is 3. The zero-order valence-electron chi connectivity index (χ0n) is 31.0. The summed E-state index contributed by atoms with van der Waals surface area (Å²) in [6.45, 7) is -0.312. The van der Waals surface area contributed by atoms with Crippen molar-refractivity contribution in [2.75, 3.05) is 18.4 Å². The van der Waals surface area contributed by atoms with Gasteiger partial charge in [0.15, 0.2) is 0 Å². The number of hydrogen-bond donors (Lipinski definition) is 2. The van der Waals surface area contributed by atoms with Crippen molar-refractivity contribution < 1.29 is 51.1 Å². The molecule has 11 nitrogen and oxygen atoms in total. The summed E-state index contributed by atoms with van der Waals surface area (Å²) >= 11 is 0. The van der Waals surface area contributed by atoms with Crippen LogP contribution in [-0.2, 0) is 47.3 Å². The molecule has 1 aliphatic heterocycles. The summed E-state index contributed by atoms with van der Waals surface area (Å²) in [6, 6.07) is 6.92. The Bertz CT molecular complexity index is 1740. The third kappa shape index (κ3) is 10.5.